The Morgan fingerprint density at radius 3 is 2.88 bits per heavy atom. The molecule has 2 heterocycles. The number of aromatic carboxylic acids is 1. The van der Waals surface area contributed by atoms with E-state index < -0.39 is 5.97 Å². The first-order valence-corrected chi connectivity index (χ1v) is 6.16. The molecule has 2 aromatic heterocycles. The predicted molar refractivity (Wildman–Crippen MR) is 60.7 cm³/mol. The number of rotatable bonds is 3. The van der Waals surface area contributed by atoms with Crippen LogP contribution in [-0.2, 0) is 0 Å². The van der Waals surface area contributed by atoms with Gasteiger partial charge in [-0.05, 0) is 19.8 Å². The molecule has 7 heteroatoms. The fourth-order valence-corrected chi connectivity index (χ4v) is 2.50. The smallest absolute Gasteiger partial charge is 0.358 e. The van der Waals surface area contributed by atoms with Crippen LogP contribution in [0, 0.1) is 6.92 Å². The summed E-state index contributed by atoms with van der Waals surface area (Å²) in [7, 11) is 0. The molecule has 2 aromatic rings. The zero-order valence-electron chi connectivity index (χ0n) is 9.12. The molecular formula is C10H10N4O2S. The fourth-order valence-electron chi connectivity index (χ4n) is 1.74. The zero-order chi connectivity index (χ0) is 12.0. The first-order chi connectivity index (χ1) is 8.16. The van der Waals surface area contributed by atoms with E-state index in [-0.39, 0.29) is 11.6 Å². The molecule has 0 atom stereocenters. The minimum absolute atomic E-state index is 0.0559. The van der Waals surface area contributed by atoms with Crippen LogP contribution >= 0.6 is 11.3 Å². The summed E-state index contributed by atoms with van der Waals surface area (Å²) in [6, 6.07) is 0. The quantitative estimate of drug-likeness (QED) is 0.895. The topological polar surface area (TPSA) is 80.9 Å². The van der Waals surface area contributed by atoms with E-state index >= 15 is 0 Å². The molecule has 0 spiro atoms. The van der Waals surface area contributed by atoms with Gasteiger partial charge in [-0.15, -0.1) is 16.4 Å². The summed E-state index contributed by atoms with van der Waals surface area (Å²) in [5.74, 6) is -0.758. The van der Waals surface area contributed by atoms with Gasteiger partial charge >= 0.3 is 5.97 Å². The van der Waals surface area contributed by atoms with Gasteiger partial charge < -0.3 is 5.11 Å². The predicted octanol–water partition coefficient (Wildman–Crippen LogP) is 1.61. The molecule has 1 saturated carbocycles. The third-order valence-electron chi connectivity index (χ3n) is 2.66. The Balaban J connectivity index is 2.13. The minimum atomic E-state index is -1.02. The van der Waals surface area contributed by atoms with Crippen molar-refractivity contribution >= 4 is 17.3 Å². The second-order valence-corrected chi connectivity index (χ2v) is 4.92. The van der Waals surface area contributed by atoms with Gasteiger partial charge in [0.25, 0.3) is 0 Å². The Morgan fingerprint density at radius 2 is 2.35 bits per heavy atom. The van der Waals surface area contributed by atoms with Crippen molar-refractivity contribution in [3.8, 4) is 5.13 Å². The minimum Gasteiger partial charge on any atom is -0.476 e. The fraction of sp³-hybridized carbons (Fsp3) is 0.400. The number of carbonyl (C=O) groups is 1. The molecule has 1 aliphatic carbocycles. The highest BCUT2D eigenvalue weighted by molar-refractivity contribution is 7.12. The van der Waals surface area contributed by atoms with Crippen LogP contribution < -0.4 is 0 Å². The highest BCUT2D eigenvalue weighted by atomic mass is 32.1. The highest BCUT2D eigenvalue weighted by Crippen LogP contribution is 2.42. The first-order valence-electron chi connectivity index (χ1n) is 5.28. The molecule has 0 amide bonds. The molecule has 0 aliphatic heterocycles. The molecule has 0 aromatic carbocycles. The summed E-state index contributed by atoms with van der Waals surface area (Å²) >= 11 is 1.44. The van der Waals surface area contributed by atoms with Crippen molar-refractivity contribution in [3.05, 3.63) is 22.5 Å². The molecule has 88 valence electrons. The Labute approximate surface area is 101 Å². The van der Waals surface area contributed by atoms with Crippen molar-refractivity contribution in [2.75, 3.05) is 0 Å². The summed E-state index contributed by atoms with van der Waals surface area (Å²) in [6.45, 7) is 1.89. The Morgan fingerprint density at radius 1 is 1.59 bits per heavy atom. The second-order valence-electron chi connectivity index (χ2n) is 4.09. The van der Waals surface area contributed by atoms with Crippen LogP contribution in [0.2, 0.25) is 0 Å². The average molecular weight is 250 g/mol. The molecular weight excluding hydrogens is 240 g/mol. The number of thiazole rings is 1. The molecule has 0 saturated heterocycles. The van der Waals surface area contributed by atoms with Gasteiger partial charge in [0.1, 0.15) is 0 Å². The number of aryl methyl sites for hydroxylation is 1. The van der Waals surface area contributed by atoms with E-state index in [4.69, 9.17) is 5.11 Å². The van der Waals surface area contributed by atoms with Crippen molar-refractivity contribution in [2.24, 2.45) is 0 Å². The maximum atomic E-state index is 11.1. The standard InChI is InChI=1S/C10H10N4O2S/c1-5-4-17-10(11-5)14-8(6-2-3-6)7(9(15)16)12-13-14/h4,6H,2-3H2,1H3,(H,15,16). The van der Waals surface area contributed by atoms with Crippen LogP contribution in [0.25, 0.3) is 5.13 Å². The Bertz CT molecular complexity index is 585. The number of carboxylic acids is 1. The number of hydrogen-bond acceptors (Lipinski definition) is 5. The summed E-state index contributed by atoms with van der Waals surface area (Å²) in [6.07, 6.45) is 2.00. The van der Waals surface area contributed by atoms with Gasteiger partial charge in [-0.3, -0.25) is 0 Å². The molecule has 1 N–H and O–H groups in total. The van der Waals surface area contributed by atoms with Crippen LogP contribution in [0.1, 0.15) is 40.6 Å². The van der Waals surface area contributed by atoms with Crippen molar-refractivity contribution < 1.29 is 9.90 Å². The van der Waals surface area contributed by atoms with Crippen LogP contribution in [0.3, 0.4) is 0 Å². The van der Waals surface area contributed by atoms with E-state index in [1.54, 1.807) is 4.68 Å². The van der Waals surface area contributed by atoms with Crippen LogP contribution in [0.5, 0.6) is 0 Å². The van der Waals surface area contributed by atoms with E-state index in [1.165, 1.54) is 11.3 Å². The van der Waals surface area contributed by atoms with E-state index in [9.17, 15) is 4.79 Å². The molecule has 0 bridgehead atoms. The van der Waals surface area contributed by atoms with Gasteiger partial charge in [-0.2, -0.15) is 4.68 Å². The van der Waals surface area contributed by atoms with Crippen LogP contribution in [0.15, 0.2) is 5.38 Å². The van der Waals surface area contributed by atoms with Crippen molar-refractivity contribution in [1.82, 2.24) is 20.0 Å². The van der Waals surface area contributed by atoms with Crippen LogP contribution in [-0.4, -0.2) is 31.1 Å². The molecule has 1 fully saturated rings. The van der Waals surface area contributed by atoms with E-state index in [0.717, 1.165) is 18.5 Å². The lowest BCUT2D eigenvalue weighted by Crippen LogP contribution is -2.05. The van der Waals surface area contributed by atoms with Gasteiger partial charge in [0.2, 0.25) is 5.13 Å². The molecule has 0 unspecified atom stereocenters. The van der Waals surface area contributed by atoms with E-state index in [0.29, 0.717) is 10.8 Å². The van der Waals surface area contributed by atoms with Crippen LogP contribution in [0.4, 0.5) is 0 Å². The SMILES string of the molecule is Cc1csc(-n2nnc(C(=O)O)c2C2CC2)n1. The number of hydrogen-bond donors (Lipinski definition) is 1. The van der Waals surface area contributed by atoms with Gasteiger partial charge in [0, 0.05) is 11.3 Å². The van der Waals surface area contributed by atoms with Gasteiger partial charge in [-0.1, -0.05) is 5.21 Å². The van der Waals surface area contributed by atoms with Gasteiger partial charge in [-0.25, -0.2) is 9.78 Å². The van der Waals surface area contributed by atoms with Crippen molar-refractivity contribution in [1.29, 1.82) is 0 Å². The molecule has 3 rings (SSSR count). The van der Waals surface area contributed by atoms with E-state index in [2.05, 4.69) is 15.3 Å². The maximum Gasteiger partial charge on any atom is 0.358 e. The summed E-state index contributed by atoms with van der Waals surface area (Å²) in [4.78, 5) is 15.4. The Hall–Kier alpha value is -1.76. The Kier molecular flexibility index (Phi) is 2.22. The maximum absolute atomic E-state index is 11.1. The van der Waals surface area contributed by atoms with Crippen molar-refractivity contribution in [2.45, 2.75) is 25.7 Å². The lowest BCUT2D eigenvalue weighted by molar-refractivity contribution is 0.0689. The lowest BCUT2D eigenvalue weighted by Gasteiger charge is -2.01. The molecule has 1 aliphatic rings. The van der Waals surface area contributed by atoms with Crippen molar-refractivity contribution in [3.63, 3.8) is 0 Å². The third-order valence-corrected chi connectivity index (χ3v) is 3.59. The molecule has 17 heavy (non-hydrogen) atoms. The number of carboxylic acid groups (broad SMARTS) is 1. The summed E-state index contributed by atoms with van der Waals surface area (Å²) < 4.78 is 1.57. The zero-order valence-corrected chi connectivity index (χ0v) is 9.94. The first kappa shape index (κ1) is 10.4. The third kappa shape index (κ3) is 1.72. The van der Waals surface area contributed by atoms with Gasteiger partial charge in [0.15, 0.2) is 5.69 Å². The summed E-state index contributed by atoms with van der Waals surface area (Å²) in [5.41, 5.74) is 1.64. The normalized spacial score (nSPS) is 15.1. The molecule has 6 nitrogen and oxygen atoms in total. The second kappa shape index (κ2) is 3.63. The van der Waals surface area contributed by atoms with E-state index in [1.807, 2.05) is 12.3 Å². The largest absolute Gasteiger partial charge is 0.476 e. The molecule has 0 radical (unpaired) electrons. The monoisotopic (exact) mass is 250 g/mol. The van der Waals surface area contributed by atoms with Gasteiger partial charge in [0.05, 0.1) is 11.4 Å². The average Bonchev–Trinajstić information content (AvgIpc) is 2.87. The lowest BCUT2D eigenvalue weighted by atomic mass is 10.2. The summed E-state index contributed by atoms with van der Waals surface area (Å²) in [5, 5.41) is 19.3. The number of nitrogens with zero attached hydrogens (tertiary/aromatic N) is 4. The highest BCUT2D eigenvalue weighted by Gasteiger charge is 2.34. The number of aromatic nitrogens is 4.